The van der Waals surface area contributed by atoms with Gasteiger partial charge in [-0.3, -0.25) is 4.90 Å². The van der Waals surface area contributed by atoms with Crippen molar-refractivity contribution in [3.8, 4) is 11.5 Å². The highest BCUT2D eigenvalue weighted by Gasteiger charge is 2.31. The topological polar surface area (TPSA) is 48.5 Å². The molecule has 1 unspecified atom stereocenters. The average molecular weight is 373 g/mol. The van der Waals surface area contributed by atoms with Crippen molar-refractivity contribution >= 4 is 23.3 Å². The minimum absolute atomic E-state index is 0. The van der Waals surface area contributed by atoms with Crippen LogP contribution in [0.1, 0.15) is 36.2 Å². The van der Waals surface area contributed by atoms with Gasteiger partial charge in [0.1, 0.15) is 11.5 Å². The quantitative estimate of drug-likeness (QED) is 0.700. The van der Waals surface area contributed by atoms with Crippen molar-refractivity contribution in [2.75, 3.05) is 20.2 Å². The molecule has 4 nitrogen and oxygen atoms in total. The van der Waals surface area contributed by atoms with Crippen LogP contribution in [0.2, 0.25) is 0 Å². The fourth-order valence-electron chi connectivity index (χ4n) is 4.04. The molecule has 2 heterocycles. The van der Waals surface area contributed by atoms with Crippen molar-refractivity contribution in [1.82, 2.24) is 9.88 Å². The fourth-order valence-corrected chi connectivity index (χ4v) is 4.04. The third-order valence-corrected chi connectivity index (χ3v) is 5.13. The van der Waals surface area contributed by atoms with Crippen molar-refractivity contribution < 1.29 is 9.84 Å². The number of hydrogen-bond acceptors (Lipinski definition) is 3. The van der Waals surface area contributed by atoms with E-state index in [0.29, 0.717) is 5.75 Å². The van der Waals surface area contributed by atoms with Crippen LogP contribution in [-0.2, 0) is 6.42 Å². The lowest BCUT2D eigenvalue weighted by Gasteiger charge is -2.36. The highest BCUT2D eigenvalue weighted by molar-refractivity contribution is 5.86. The van der Waals surface area contributed by atoms with Crippen LogP contribution in [0, 0.1) is 0 Å². The number of ether oxygens (including phenoxy) is 1. The summed E-state index contributed by atoms with van der Waals surface area (Å²) in [6.07, 6.45) is 2.12. The number of phenolic OH excluding ortho intramolecular Hbond substituents is 1. The zero-order valence-electron chi connectivity index (χ0n) is 15.2. The third kappa shape index (κ3) is 3.15. The van der Waals surface area contributed by atoms with Crippen LogP contribution in [0.25, 0.3) is 10.9 Å². The van der Waals surface area contributed by atoms with Crippen molar-refractivity contribution in [3.05, 3.63) is 59.3 Å². The second kappa shape index (κ2) is 7.60. The standard InChI is InChI=1S/C21H24N2O2.ClH/c1-3-10-23-11-9-17-18-13-15(24)7-8-19(18)22-20(17)21(23)14-5-4-6-16(12-14)25-2;/h4-8,12-13,21-22,24H,3,9-11H2,1-2H3;1H. The zero-order chi connectivity index (χ0) is 17.4. The van der Waals surface area contributed by atoms with Gasteiger partial charge in [-0.1, -0.05) is 19.1 Å². The molecule has 5 heteroatoms. The number of benzene rings is 2. The molecule has 1 aromatic heterocycles. The molecule has 0 saturated heterocycles. The molecule has 1 aliphatic rings. The first-order valence-corrected chi connectivity index (χ1v) is 8.92. The fraction of sp³-hybridized carbons (Fsp3) is 0.333. The minimum Gasteiger partial charge on any atom is -0.508 e. The summed E-state index contributed by atoms with van der Waals surface area (Å²) >= 11 is 0. The van der Waals surface area contributed by atoms with E-state index in [0.717, 1.165) is 42.6 Å². The molecule has 0 fully saturated rings. The molecule has 2 N–H and O–H groups in total. The van der Waals surface area contributed by atoms with Crippen LogP contribution in [0.3, 0.4) is 0 Å². The molecule has 0 spiro atoms. The summed E-state index contributed by atoms with van der Waals surface area (Å²) in [6.45, 7) is 4.30. The van der Waals surface area contributed by atoms with Crippen LogP contribution in [0.15, 0.2) is 42.5 Å². The summed E-state index contributed by atoms with van der Waals surface area (Å²) in [6, 6.07) is 14.1. The molecule has 3 aromatic rings. The minimum atomic E-state index is 0. The van der Waals surface area contributed by atoms with E-state index in [2.05, 4.69) is 35.0 Å². The number of methoxy groups -OCH3 is 1. The summed E-state index contributed by atoms with van der Waals surface area (Å²) in [5.74, 6) is 1.21. The SMILES string of the molecule is CCCN1CCc2c([nH]c3ccc(O)cc23)C1c1cccc(OC)c1.Cl. The highest BCUT2D eigenvalue weighted by atomic mass is 35.5. The van der Waals surface area contributed by atoms with Gasteiger partial charge in [-0.05, 0) is 60.8 Å². The maximum absolute atomic E-state index is 9.90. The highest BCUT2D eigenvalue weighted by Crippen LogP contribution is 2.39. The lowest BCUT2D eigenvalue weighted by atomic mass is 9.92. The van der Waals surface area contributed by atoms with Gasteiger partial charge in [-0.15, -0.1) is 12.4 Å². The van der Waals surface area contributed by atoms with Crippen LogP contribution in [0.4, 0.5) is 0 Å². The van der Waals surface area contributed by atoms with Gasteiger partial charge in [0.2, 0.25) is 0 Å². The monoisotopic (exact) mass is 372 g/mol. The maximum atomic E-state index is 9.90. The van der Waals surface area contributed by atoms with Crippen molar-refractivity contribution in [3.63, 3.8) is 0 Å². The molecular formula is C21H25ClN2O2. The van der Waals surface area contributed by atoms with E-state index in [1.54, 1.807) is 13.2 Å². The van der Waals surface area contributed by atoms with Crippen molar-refractivity contribution in [2.45, 2.75) is 25.8 Å². The number of rotatable bonds is 4. The Bertz CT molecular complexity index is 906. The molecule has 26 heavy (non-hydrogen) atoms. The molecule has 2 aromatic carbocycles. The van der Waals surface area contributed by atoms with E-state index >= 15 is 0 Å². The Labute approximate surface area is 160 Å². The Morgan fingerprint density at radius 3 is 2.85 bits per heavy atom. The predicted octanol–water partition coefficient (Wildman–Crippen LogP) is 4.66. The lowest BCUT2D eigenvalue weighted by molar-refractivity contribution is 0.211. The van der Waals surface area contributed by atoms with Crippen molar-refractivity contribution in [2.24, 2.45) is 0 Å². The van der Waals surface area contributed by atoms with Crippen LogP contribution in [0.5, 0.6) is 11.5 Å². The Morgan fingerprint density at radius 1 is 1.23 bits per heavy atom. The van der Waals surface area contributed by atoms with E-state index < -0.39 is 0 Å². The van der Waals surface area contributed by atoms with Crippen LogP contribution in [-0.4, -0.2) is 35.2 Å². The van der Waals surface area contributed by atoms with E-state index in [1.807, 2.05) is 18.2 Å². The van der Waals surface area contributed by atoms with Gasteiger partial charge in [0.25, 0.3) is 0 Å². The Balaban J connectivity index is 0.00000196. The van der Waals surface area contributed by atoms with Gasteiger partial charge in [0, 0.05) is 23.1 Å². The third-order valence-electron chi connectivity index (χ3n) is 5.13. The molecule has 0 amide bonds. The van der Waals surface area contributed by atoms with Crippen LogP contribution < -0.4 is 4.74 Å². The number of aromatic amines is 1. The Hall–Kier alpha value is -2.17. The van der Waals surface area contributed by atoms with E-state index in [-0.39, 0.29) is 18.4 Å². The Morgan fingerprint density at radius 2 is 2.08 bits per heavy atom. The first kappa shape index (κ1) is 18.6. The normalized spacial score (nSPS) is 16.9. The number of nitrogens with one attached hydrogen (secondary N) is 1. The van der Waals surface area contributed by atoms with Gasteiger partial charge in [-0.25, -0.2) is 0 Å². The molecule has 0 aliphatic carbocycles. The van der Waals surface area contributed by atoms with Gasteiger partial charge in [0.05, 0.1) is 13.2 Å². The summed E-state index contributed by atoms with van der Waals surface area (Å²) in [7, 11) is 1.71. The largest absolute Gasteiger partial charge is 0.508 e. The molecule has 1 atom stereocenters. The van der Waals surface area contributed by atoms with Crippen LogP contribution >= 0.6 is 12.4 Å². The number of fused-ring (bicyclic) bond motifs is 3. The molecule has 0 saturated carbocycles. The van der Waals surface area contributed by atoms with Crippen molar-refractivity contribution in [1.29, 1.82) is 0 Å². The number of hydrogen-bond donors (Lipinski definition) is 2. The number of halogens is 1. The first-order chi connectivity index (χ1) is 12.2. The predicted molar refractivity (Wildman–Crippen MR) is 108 cm³/mol. The van der Waals surface area contributed by atoms with E-state index in [1.165, 1.54) is 16.8 Å². The second-order valence-electron chi connectivity index (χ2n) is 6.71. The van der Waals surface area contributed by atoms with Gasteiger partial charge in [-0.2, -0.15) is 0 Å². The summed E-state index contributed by atoms with van der Waals surface area (Å²) < 4.78 is 5.44. The van der Waals surface area contributed by atoms with Gasteiger partial charge < -0.3 is 14.8 Å². The van der Waals surface area contributed by atoms with Gasteiger partial charge in [0.15, 0.2) is 0 Å². The number of nitrogens with zero attached hydrogens (tertiary/aromatic N) is 1. The number of phenols is 1. The summed E-state index contributed by atoms with van der Waals surface area (Å²) in [4.78, 5) is 6.16. The molecule has 1 aliphatic heterocycles. The molecule has 4 rings (SSSR count). The van der Waals surface area contributed by atoms with E-state index in [9.17, 15) is 5.11 Å². The smallest absolute Gasteiger partial charge is 0.119 e. The molecule has 0 radical (unpaired) electrons. The average Bonchev–Trinajstić information content (AvgIpc) is 2.99. The molecule has 0 bridgehead atoms. The number of H-pyrrole nitrogens is 1. The Kier molecular flexibility index (Phi) is 5.44. The summed E-state index contributed by atoms with van der Waals surface area (Å²) in [5.41, 5.74) is 4.90. The first-order valence-electron chi connectivity index (χ1n) is 8.92. The second-order valence-corrected chi connectivity index (χ2v) is 6.71. The molecule has 138 valence electrons. The lowest BCUT2D eigenvalue weighted by Crippen LogP contribution is -2.36. The zero-order valence-corrected chi connectivity index (χ0v) is 16.0. The molecular weight excluding hydrogens is 348 g/mol. The number of aromatic hydroxyl groups is 1. The van der Waals surface area contributed by atoms with Gasteiger partial charge >= 0.3 is 0 Å². The number of aromatic nitrogens is 1. The summed E-state index contributed by atoms with van der Waals surface area (Å²) in [5, 5.41) is 11.0. The maximum Gasteiger partial charge on any atom is 0.119 e. The van der Waals surface area contributed by atoms with E-state index in [4.69, 9.17) is 4.74 Å².